The van der Waals surface area contributed by atoms with E-state index in [-0.39, 0.29) is 12.3 Å². The maximum Gasteiger partial charge on any atom is 0.326 e. The van der Waals surface area contributed by atoms with E-state index in [4.69, 9.17) is 11.5 Å². The zero-order chi connectivity index (χ0) is 25.6. The standard InChI is InChI=1S/C21H41N5O6S/c1-5-12(2)16(21(31)32)25-19(29)15(9-11-33-4)24-20(30)17(13(3)27)26-18(28)14(23)8-6-7-10-22/h12-17,27H,5-11,22-23H2,1-4H3,(H,24,30)(H,25,29)(H,26,28)(H,31,32). The Labute approximate surface area is 200 Å². The monoisotopic (exact) mass is 491 g/mol. The Morgan fingerprint density at radius 1 is 0.939 bits per heavy atom. The van der Waals surface area contributed by atoms with Crippen LogP contribution in [-0.2, 0) is 19.2 Å². The molecule has 6 atom stereocenters. The molecular formula is C21H41N5O6S. The Bertz CT molecular complexity index is 636. The molecule has 9 N–H and O–H groups in total. The van der Waals surface area contributed by atoms with E-state index >= 15 is 0 Å². The number of aliphatic carboxylic acids is 1. The van der Waals surface area contributed by atoms with Crippen LogP contribution in [0.4, 0.5) is 0 Å². The number of carbonyl (C=O) groups is 4. The molecule has 0 saturated heterocycles. The van der Waals surface area contributed by atoms with E-state index in [1.165, 1.54) is 18.7 Å². The van der Waals surface area contributed by atoms with Gasteiger partial charge in [0.15, 0.2) is 0 Å². The summed E-state index contributed by atoms with van der Waals surface area (Å²) in [5.74, 6) is -2.94. The number of carbonyl (C=O) groups excluding carboxylic acids is 3. The van der Waals surface area contributed by atoms with Gasteiger partial charge >= 0.3 is 5.97 Å². The number of carboxylic acid groups (broad SMARTS) is 1. The van der Waals surface area contributed by atoms with Crippen LogP contribution in [0.1, 0.15) is 52.9 Å². The summed E-state index contributed by atoms with van der Waals surface area (Å²) in [7, 11) is 0. The van der Waals surface area contributed by atoms with Gasteiger partial charge in [-0.25, -0.2) is 4.79 Å². The number of hydrogen-bond donors (Lipinski definition) is 7. The lowest BCUT2D eigenvalue weighted by atomic mass is 9.98. The Morgan fingerprint density at radius 2 is 1.55 bits per heavy atom. The van der Waals surface area contributed by atoms with Crippen LogP contribution in [-0.4, -0.2) is 82.7 Å². The van der Waals surface area contributed by atoms with Crippen LogP contribution < -0.4 is 27.4 Å². The number of nitrogens with one attached hydrogen (secondary N) is 3. The van der Waals surface area contributed by atoms with Gasteiger partial charge in [0.2, 0.25) is 17.7 Å². The lowest BCUT2D eigenvalue weighted by molar-refractivity contribution is -0.144. The number of carboxylic acids is 1. The second-order valence-corrected chi connectivity index (χ2v) is 9.16. The van der Waals surface area contributed by atoms with E-state index in [1.807, 2.05) is 13.2 Å². The third-order valence-electron chi connectivity index (χ3n) is 5.39. The minimum absolute atomic E-state index is 0.241. The molecule has 0 aromatic rings. The summed E-state index contributed by atoms with van der Waals surface area (Å²) in [6.45, 7) is 5.35. The lowest BCUT2D eigenvalue weighted by Gasteiger charge is -2.27. The van der Waals surface area contributed by atoms with Crippen LogP contribution in [0.5, 0.6) is 0 Å². The molecule has 0 heterocycles. The first kappa shape index (κ1) is 31.1. The number of thioether (sulfide) groups is 1. The highest BCUT2D eigenvalue weighted by Gasteiger charge is 2.33. The minimum atomic E-state index is -1.33. The van der Waals surface area contributed by atoms with E-state index in [0.717, 1.165) is 0 Å². The largest absolute Gasteiger partial charge is 0.480 e. The van der Waals surface area contributed by atoms with Crippen molar-refractivity contribution in [3.8, 4) is 0 Å². The zero-order valence-corrected chi connectivity index (χ0v) is 20.8. The highest BCUT2D eigenvalue weighted by Crippen LogP contribution is 2.10. The highest BCUT2D eigenvalue weighted by molar-refractivity contribution is 7.98. The van der Waals surface area contributed by atoms with Crippen LogP contribution in [0.3, 0.4) is 0 Å². The van der Waals surface area contributed by atoms with Gasteiger partial charge in [0.1, 0.15) is 18.1 Å². The van der Waals surface area contributed by atoms with Crippen molar-refractivity contribution in [1.82, 2.24) is 16.0 Å². The molecule has 0 spiro atoms. The Morgan fingerprint density at radius 3 is 2.03 bits per heavy atom. The fraction of sp³-hybridized carbons (Fsp3) is 0.810. The quantitative estimate of drug-likeness (QED) is 0.127. The third-order valence-corrected chi connectivity index (χ3v) is 6.03. The van der Waals surface area contributed by atoms with Gasteiger partial charge in [0.05, 0.1) is 12.1 Å². The van der Waals surface area contributed by atoms with Crippen LogP contribution >= 0.6 is 11.8 Å². The highest BCUT2D eigenvalue weighted by atomic mass is 32.2. The van der Waals surface area contributed by atoms with Crippen molar-refractivity contribution < 1.29 is 29.4 Å². The minimum Gasteiger partial charge on any atom is -0.480 e. The summed E-state index contributed by atoms with van der Waals surface area (Å²) in [5.41, 5.74) is 11.3. The first-order valence-electron chi connectivity index (χ1n) is 11.3. The molecule has 12 heteroatoms. The number of hydrogen-bond acceptors (Lipinski definition) is 8. The van der Waals surface area contributed by atoms with Crippen LogP contribution in [0.25, 0.3) is 0 Å². The lowest BCUT2D eigenvalue weighted by Crippen LogP contribution is -2.60. The number of rotatable bonds is 17. The van der Waals surface area contributed by atoms with Crippen molar-refractivity contribution in [1.29, 1.82) is 0 Å². The van der Waals surface area contributed by atoms with E-state index in [0.29, 0.717) is 38.0 Å². The van der Waals surface area contributed by atoms with Crippen molar-refractivity contribution in [3.05, 3.63) is 0 Å². The van der Waals surface area contributed by atoms with Crippen LogP contribution in [0.2, 0.25) is 0 Å². The van der Waals surface area contributed by atoms with Crippen LogP contribution in [0.15, 0.2) is 0 Å². The van der Waals surface area contributed by atoms with Crippen molar-refractivity contribution in [3.63, 3.8) is 0 Å². The fourth-order valence-electron chi connectivity index (χ4n) is 3.01. The number of unbranched alkanes of at least 4 members (excludes halogenated alkanes) is 1. The second-order valence-electron chi connectivity index (χ2n) is 8.17. The number of aliphatic hydroxyl groups excluding tert-OH is 1. The van der Waals surface area contributed by atoms with Gasteiger partial charge in [-0.15, -0.1) is 0 Å². The maximum atomic E-state index is 12.8. The van der Waals surface area contributed by atoms with Gasteiger partial charge in [-0.1, -0.05) is 26.7 Å². The first-order chi connectivity index (χ1) is 15.5. The molecule has 0 aromatic carbocycles. The molecule has 0 bridgehead atoms. The van der Waals surface area contributed by atoms with Crippen molar-refractivity contribution in [2.75, 3.05) is 18.6 Å². The smallest absolute Gasteiger partial charge is 0.326 e. The Hall–Kier alpha value is -1.89. The number of aliphatic hydroxyl groups is 1. The molecule has 0 rings (SSSR count). The molecule has 0 radical (unpaired) electrons. The molecule has 11 nitrogen and oxygen atoms in total. The molecule has 6 unspecified atom stereocenters. The Kier molecular flexibility index (Phi) is 15.7. The molecule has 0 aromatic heterocycles. The van der Waals surface area contributed by atoms with Crippen molar-refractivity contribution in [2.45, 2.75) is 83.1 Å². The van der Waals surface area contributed by atoms with Gasteiger partial charge in [0.25, 0.3) is 0 Å². The summed E-state index contributed by atoms with van der Waals surface area (Å²) in [6.07, 6.45) is 3.10. The van der Waals surface area contributed by atoms with E-state index in [9.17, 15) is 29.4 Å². The van der Waals surface area contributed by atoms with Crippen molar-refractivity contribution in [2.24, 2.45) is 17.4 Å². The van der Waals surface area contributed by atoms with Gasteiger partial charge in [-0.05, 0) is 50.7 Å². The molecule has 0 aliphatic rings. The zero-order valence-electron chi connectivity index (χ0n) is 20.0. The maximum absolute atomic E-state index is 12.8. The molecule has 0 aliphatic heterocycles. The van der Waals surface area contributed by atoms with E-state index in [2.05, 4.69) is 16.0 Å². The SMILES string of the molecule is CCC(C)C(NC(=O)C(CCSC)NC(=O)C(NC(=O)C(N)CCCCN)C(C)O)C(=O)O. The average molecular weight is 492 g/mol. The third kappa shape index (κ3) is 11.7. The van der Waals surface area contributed by atoms with Crippen molar-refractivity contribution >= 4 is 35.5 Å². The summed E-state index contributed by atoms with van der Waals surface area (Å²) < 4.78 is 0. The topological polar surface area (TPSA) is 197 Å². The molecule has 3 amide bonds. The molecule has 0 aliphatic carbocycles. The molecule has 0 fully saturated rings. The van der Waals surface area contributed by atoms with Gasteiger partial charge in [-0.2, -0.15) is 11.8 Å². The summed E-state index contributed by atoms with van der Waals surface area (Å²) >= 11 is 1.46. The molecule has 0 saturated carbocycles. The Balaban J connectivity index is 5.34. The van der Waals surface area contributed by atoms with Crippen LogP contribution in [0, 0.1) is 5.92 Å². The second kappa shape index (κ2) is 16.7. The summed E-state index contributed by atoms with van der Waals surface area (Å²) in [6, 6.07) is -4.33. The molecule has 192 valence electrons. The van der Waals surface area contributed by atoms with Gasteiger partial charge in [-0.3, -0.25) is 14.4 Å². The van der Waals surface area contributed by atoms with Gasteiger partial charge < -0.3 is 37.6 Å². The fourth-order valence-corrected chi connectivity index (χ4v) is 3.48. The van der Waals surface area contributed by atoms with Gasteiger partial charge in [0, 0.05) is 0 Å². The normalized spacial score (nSPS) is 16.6. The molecular weight excluding hydrogens is 450 g/mol. The summed E-state index contributed by atoms with van der Waals surface area (Å²) in [5, 5.41) is 27.0. The van der Waals surface area contributed by atoms with E-state index < -0.39 is 54.0 Å². The first-order valence-corrected chi connectivity index (χ1v) is 12.7. The van der Waals surface area contributed by atoms with E-state index in [1.54, 1.807) is 6.92 Å². The average Bonchev–Trinajstić information content (AvgIpc) is 2.76. The predicted octanol–water partition coefficient (Wildman–Crippen LogP) is -0.838. The molecule has 33 heavy (non-hydrogen) atoms. The summed E-state index contributed by atoms with van der Waals surface area (Å²) in [4.78, 5) is 49.6. The number of amides is 3. The number of nitrogens with two attached hydrogens (primary N) is 2. The predicted molar refractivity (Wildman–Crippen MR) is 128 cm³/mol.